The second-order valence-electron chi connectivity index (χ2n) is 6.43. The van der Waals surface area contributed by atoms with E-state index in [4.69, 9.17) is 5.73 Å². The van der Waals surface area contributed by atoms with Crippen LogP contribution in [0.2, 0.25) is 0 Å². The van der Waals surface area contributed by atoms with Crippen LogP contribution in [0.3, 0.4) is 0 Å². The number of urea groups is 1. The Morgan fingerprint density at radius 2 is 1.56 bits per heavy atom. The lowest BCUT2D eigenvalue weighted by atomic mass is 10.2. The van der Waals surface area contributed by atoms with Crippen LogP contribution in [0.4, 0.5) is 16.2 Å². The summed E-state index contributed by atoms with van der Waals surface area (Å²) in [6.07, 6.45) is 0. The number of carbonyl (C=O) groups is 2. The van der Waals surface area contributed by atoms with Gasteiger partial charge in [0.15, 0.2) is 0 Å². The Hall–Kier alpha value is -3.54. The van der Waals surface area contributed by atoms with E-state index in [-0.39, 0.29) is 5.91 Å². The van der Waals surface area contributed by atoms with E-state index in [0.717, 1.165) is 22.6 Å². The highest BCUT2D eigenvalue weighted by Gasteiger charge is 2.17. The van der Waals surface area contributed by atoms with Crippen molar-refractivity contribution in [2.24, 2.45) is 5.73 Å². The van der Waals surface area contributed by atoms with Crippen molar-refractivity contribution in [3.8, 4) is 5.69 Å². The monoisotopic (exact) mass is 362 g/mol. The Morgan fingerprint density at radius 1 is 0.889 bits per heavy atom. The number of anilines is 2. The summed E-state index contributed by atoms with van der Waals surface area (Å²) in [6.45, 7) is 5.96. The van der Waals surface area contributed by atoms with Crippen LogP contribution in [0, 0.1) is 20.8 Å². The SMILES string of the molecule is Cc1ccccc1-n1c(C)cc(C(=O)Nc2cccc(NC(N)=O)c2)c1C. The van der Waals surface area contributed by atoms with E-state index in [0.29, 0.717) is 16.9 Å². The molecule has 0 radical (unpaired) electrons. The van der Waals surface area contributed by atoms with E-state index in [1.807, 2.05) is 51.1 Å². The Morgan fingerprint density at radius 3 is 2.22 bits per heavy atom. The second-order valence-corrected chi connectivity index (χ2v) is 6.43. The number of nitrogens with two attached hydrogens (primary N) is 1. The minimum Gasteiger partial charge on any atom is -0.351 e. The number of rotatable bonds is 4. The minimum absolute atomic E-state index is 0.209. The van der Waals surface area contributed by atoms with Crippen LogP contribution < -0.4 is 16.4 Å². The van der Waals surface area contributed by atoms with Gasteiger partial charge in [-0.3, -0.25) is 4.79 Å². The van der Waals surface area contributed by atoms with Crippen molar-refractivity contribution in [3.05, 3.63) is 77.1 Å². The van der Waals surface area contributed by atoms with Gasteiger partial charge in [0.05, 0.1) is 5.56 Å². The Balaban J connectivity index is 1.90. The number of nitrogens with one attached hydrogen (secondary N) is 2. The first-order chi connectivity index (χ1) is 12.9. The molecule has 0 aliphatic rings. The lowest BCUT2D eigenvalue weighted by Crippen LogP contribution is -2.19. The first-order valence-corrected chi connectivity index (χ1v) is 8.59. The maximum atomic E-state index is 12.8. The van der Waals surface area contributed by atoms with Crippen molar-refractivity contribution in [1.29, 1.82) is 0 Å². The second kappa shape index (κ2) is 7.37. The van der Waals surface area contributed by atoms with Crippen molar-refractivity contribution in [2.45, 2.75) is 20.8 Å². The molecule has 0 spiro atoms. The Labute approximate surface area is 158 Å². The molecule has 2 aromatic carbocycles. The van der Waals surface area contributed by atoms with Crippen LogP contribution in [-0.4, -0.2) is 16.5 Å². The molecule has 0 unspecified atom stereocenters. The maximum Gasteiger partial charge on any atom is 0.316 e. The van der Waals surface area contributed by atoms with Gasteiger partial charge in [0.2, 0.25) is 0 Å². The van der Waals surface area contributed by atoms with Crippen molar-refractivity contribution in [1.82, 2.24) is 4.57 Å². The van der Waals surface area contributed by atoms with Crippen LogP contribution in [0.25, 0.3) is 5.69 Å². The lowest BCUT2D eigenvalue weighted by molar-refractivity contribution is 0.102. The zero-order valence-electron chi connectivity index (χ0n) is 15.5. The molecular weight excluding hydrogens is 340 g/mol. The van der Waals surface area contributed by atoms with Crippen molar-refractivity contribution in [2.75, 3.05) is 10.6 Å². The van der Waals surface area contributed by atoms with Crippen LogP contribution in [0.15, 0.2) is 54.6 Å². The van der Waals surface area contributed by atoms with Gasteiger partial charge in [-0.2, -0.15) is 0 Å². The van der Waals surface area contributed by atoms with Gasteiger partial charge in [-0.15, -0.1) is 0 Å². The van der Waals surface area contributed by atoms with Gasteiger partial charge in [0.1, 0.15) is 0 Å². The predicted molar refractivity (Wildman–Crippen MR) is 108 cm³/mol. The number of nitrogens with zero attached hydrogens (tertiary/aromatic N) is 1. The average Bonchev–Trinajstić information content (AvgIpc) is 2.90. The van der Waals surface area contributed by atoms with Crippen LogP contribution >= 0.6 is 0 Å². The molecule has 3 aromatic rings. The Kier molecular flexibility index (Phi) is 4.98. The summed E-state index contributed by atoms with van der Waals surface area (Å²) in [5, 5.41) is 5.37. The normalized spacial score (nSPS) is 10.5. The molecule has 138 valence electrons. The van der Waals surface area contributed by atoms with Gasteiger partial charge in [-0.25, -0.2) is 4.79 Å². The lowest BCUT2D eigenvalue weighted by Gasteiger charge is -2.13. The number of primary amides is 1. The summed E-state index contributed by atoms with van der Waals surface area (Å²) in [6, 6.07) is 16.1. The molecule has 27 heavy (non-hydrogen) atoms. The van der Waals surface area contributed by atoms with Gasteiger partial charge in [0, 0.05) is 28.5 Å². The fourth-order valence-electron chi connectivity index (χ4n) is 3.19. The Bertz CT molecular complexity index is 1020. The topological polar surface area (TPSA) is 89.2 Å². The summed E-state index contributed by atoms with van der Waals surface area (Å²) in [4.78, 5) is 23.8. The van der Waals surface area contributed by atoms with E-state index < -0.39 is 6.03 Å². The van der Waals surface area contributed by atoms with E-state index >= 15 is 0 Å². The average molecular weight is 362 g/mol. The number of hydrogen-bond donors (Lipinski definition) is 3. The zero-order valence-corrected chi connectivity index (χ0v) is 15.5. The summed E-state index contributed by atoms with van der Waals surface area (Å²) in [7, 11) is 0. The molecular formula is C21H22N4O2. The number of para-hydroxylation sites is 1. The van der Waals surface area contributed by atoms with Crippen molar-refractivity contribution >= 4 is 23.3 Å². The fraction of sp³-hybridized carbons (Fsp3) is 0.143. The molecule has 4 N–H and O–H groups in total. The molecule has 0 saturated heterocycles. The van der Waals surface area contributed by atoms with Crippen molar-refractivity contribution < 1.29 is 9.59 Å². The van der Waals surface area contributed by atoms with E-state index in [2.05, 4.69) is 15.2 Å². The van der Waals surface area contributed by atoms with Gasteiger partial charge in [-0.05, 0) is 56.7 Å². The third kappa shape index (κ3) is 3.84. The molecule has 6 heteroatoms. The number of aromatic nitrogens is 1. The molecule has 0 saturated carbocycles. The molecule has 0 fully saturated rings. The van der Waals surface area contributed by atoms with Crippen LogP contribution in [-0.2, 0) is 0 Å². The number of carbonyl (C=O) groups excluding carboxylic acids is 2. The van der Waals surface area contributed by atoms with E-state index in [1.165, 1.54) is 0 Å². The first-order valence-electron chi connectivity index (χ1n) is 8.59. The third-order valence-corrected chi connectivity index (χ3v) is 4.42. The fourth-order valence-corrected chi connectivity index (χ4v) is 3.19. The number of amides is 3. The van der Waals surface area contributed by atoms with Crippen LogP contribution in [0.5, 0.6) is 0 Å². The molecule has 0 aliphatic carbocycles. The van der Waals surface area contributed by atoms with E-state index in [1.54, 1.807) is 24.3 Å². The third-order valence-electron chi connectivity index (χ3n) is 4.42. The highest BCUT2D eigenvalue weighted by molar-refractivity contribution is 6.05. The highest BCUT2D eigenvalue weighted by Crippen LogP contribution is 2.24. The van der Waals surface area contributed by atoms with Crippen LogP contribution in [0.1, 0.15) is 27.3 Å². The predicted octanol–water partition coefficient (Wildman–Crippen LogP) is 4.15. The molecule has 1 aromatic heterocycles. The zero-order chi connectivity index (χ0) is 19.6. The summed E-state index contributed by atoms with van der Waals surface area (Å²) in [5.41, 5.74) is 10.9. The number of hydrogen-bond acceptors (Lipinski definition) is 2. The van der Waals surface area contributed by atoms with Gasteiger partial charge in [-0.1, -0.05) is 24.3 Å². The summed E-state index contributed by atoms with van der Waals surface area (Å²) < 4.78 is 2.08. The van der Waals surface area contributed by atoms with Gasteiger partial charge in [0.25, 0.3) is 5.91 Å². The van der Waals surface area contributed by atoms with Gasteiger partial charge >= 0.3 is 6.03 Å². The standard InChI is InChI=1S/C21H22N4O2/c1-13-7-4-5-10-19(13)25-14(2)11-18(15(25)3)20(26)23-16-8-6-9-17(12-16)24-21(22)27/h4-12H,1-3H3,(H,23,26)(H3,22,24,27). The maximum absolute atomic E-state index is 12.8. The molecule has 3 rings (SSSR count). The van der Waals surface area contributed by atoms with Crippen molar-refractivity contribution in [3.63, 3.8) is 0 Å². The molecule has 6 nitrogen and oxygen atoms in total. The smallest absolute Gasteiger partial charge is 0.316 e. The van der Waals surface area contributed by atoms with Gasteiger partial charge < -0.3 is 20.9 Å². The first kappa shape index (κ1) is 18.3. The largest absolute Gasteiger partial charge is 0.351 e. The molecule has 0 atom stereocenters. The molecule has 0 aliphatic heterocycles. The molecule has 3 amide bonds. The molecule has 0 bridgehead atoms. The summed E-state index contributed by atoms with van der Waals surface area (Å²) in [5.74, 6) is -0.209. The summed E-state index contributed by atoms with van der Waals surface area (Å²) >= 11 is 0. The molecule has 1 heterocycles. The quantitative estimate of drug-likeness (QED) is 0.651. The number of benzene rings is 2. The highest BCUT2D eigenvalue weighted by atomic mass is 16.2. The minimum atomic E-state index is -0.653. The number of aryl methyl sites for hydroxylation is 2. The van der Waals surface area contributed by atoms with E-state index in [9.17, 15) is 9.59 Å².